The Hall–Kier alpha value is -2.27. The zero-order chi connectivity index (χ0) is 17.7. The molecule has 24 heavy (non-hydrogen) atoms. The fraction of sp³-hybridized carbons (Fsp3) is 0.235. The molecule has 2 aromatic rings. The third-order valence-corrected chi connectivity index (χ3v) is 4.91. The van der Waals surface area contributed by atoms with E-state index in [1.165, 1.54) is 37.3 Å². The van der Waals surface area contributed by atoms with Crippen molar-refractivity contribution in [1.82, 2.24) is 4.72 Å². The lowest BCUT2D eigenvalue weighted by Crippen LogP contribution is -2.37. The Labute approximate surface area is 140 Å². The van der Waals surface area contributed by atoms with Crippen LogP contribution in [0.3, 0.4) is 0 Å². The first kappa shape index (κ1) is 18.1. The minimum Gasteiger partial charge on any atom is -0.387 e. The zero-order valence-electron chi connectivity index (χ0n) is 13.0. The highest BCUT2D eigenvalue weighted by molar-refractivity contribution is 7.88. The van der Waals surface area contributed by atoms with Gasteiger partial charge in [0.2, 0.25) is 10.0 Å². The molecule has 0 amide bonds. The SMILES string of the molecule is CC(NS(=O)(=O)Cc1cccc(C#N)c1)C(O)c1ccc(F)cc1. The van der Waals surface area contributed by atoms with Crippen molar-refractivity contribution in [3.05, 3.63) is 71.0 Å². The van der Waals surface area contributed by atoms with E-state index in [1.54, 1.807) is 18.2 Å². The third-order valence-electron chi connectivity index (χ3n) is 3.46. The van der Waals surface area contributed by atoms with E-state index in [0.717, 1.165) is 0 Å². The minimum absolute atomic E-state index is 0.303. The Morgan fingerprint density at radius 2 is 1.92 bits per heavy atom. The van der Waals surface area contributed by atoms with Crippen LogP contribution in [0.2, 0.25) is 0 Å². The molecule has 0 aliphatic rings. The molecule has 5 nitrogen and oxygen atoms in total. The second-order valence-corrected chi connectivity index (χ2v) is 7.23. The molecule has 2 aromatic carbocycles. The molecule has 0 bridgehead atoms. The summed E-state index contributed by atoms with van der Waals surface area (Å²) in [6, 6.07) is 12.7. The Morgan fingerprint density at radius 1 is 1.25 bits per heavy atom. The number of halogens is 1. The Bertz CT molecular complexity index is 845. The van der Waals surface area contributed by atoms with Crippen molar-refractivity contribution in [2.24, 2.45) is 0 Å². The predicted octanol–water partition coefficient (Wildman–Crippen LogP) is 2.24. The van der Waals surface area contributed by atoms with Crippen molar-refractivity contribution in [1.29, 1.82) is 5.26 Å². The molecule has 2 unspecified atom stereocenters. The van der Waals surface area contributed by atoms with E-state index < -0.39 is 28.0 Å². The normalized spacial score (nSPS) is 13.9. The number of nitrogens with one attached hydrogen (secondary N) is 1. The van der Waals surface area contributed by atoms with Gasteiger partial charge in [0, 0.05) is 6.04 Å². The van der Waals surface area contributed by atoms with E-state index in [1.807, 2.05) is 6.07 Å². The molecule has 7 heteroatoms. The average Bonchev–Trinajstić information content (AvgIpc) is 2.54. The molecule has 0 aromatic heterocycles. The fourth-order valence-electron chi connectivity index (χ4n) is 2.29. The van der Waals surface area contributed by atoms with Crippen molar-refractivity contribution in [2.45, 2.75) is 24.8 Å². The van der Waals surface area contributed by atoms with Crippen LogP contribution in [0.5, 0.6) is 0 Å². The monoisotopic (exact) mass is 348 g/mol. The van der Waals surface area contributed by atoms with E-state index in [0.29, 0.717) is 16.7 Å². The lowest BCUT2D eigenvalue weighted by molar-refractivity contribution is 0.146. The van der Waals surface area contributed by atoms with Gasteiger partial charge >= 0.3 is 0 Å². The molecule has 0 heterocycles. The van der Waals surface area contributed by atoms with E-state index in [4.69, 9.17) is 5.26 Å². The summed E-state index contributed by atoms with van der Waals surface area (Å²) in [6.45, 7) is 1.53. The summed E-state index contributed by atoms with van der Waals surface area (Å²) in [5.41, 5.74) is 1.27. The molecule has 0 saturated heterocycles. The maximum Gasteiger partial charge on any atom is 0.216 e. The van der Waals surface area contributed by atoms with Crippen LogP contribution in [0.25, 0.3) is 0 Å². The van der Waals surface area contributed by atoms with Gasteiger partial charge in [-0.25, -0.2) is 17.5 Å². The maximum atomic E-state index is 12.9. The molecule has 0 aliphatic carbocycles. The quantitative estimate of drug-likeness (QED) is 0.838. The molecule has 2 rings (SSSR count). The van der Waals surface area contributed by atoms with Gasteiger partial charge in [-0.05, 0) is 42.3 Å². The highest BCUT2D eigenvalue weighted by Gasteiger charge is 2.22. The maximum absolute atomic E-state index is 12.9. The fourth-order valence-corrected chi connectivity index (χ4v) is 3.69. The van der Waals surface area contributed by atoms with Crippen LogP contribution in [0.15, 0.2) is 48.5 Å². The smallest absolute Gasteiger partial charge is 0.216 e. The predicted molar refractivity (Wildman–Crippen MR) is 87.7 cm³/mol. The molecule has 0 radical (unpaired) electrons. The number of hydrogen-bond acceptors (Lipinski definition) is 4. The van der Waals surface area contributed by atoms with Crippen LogP contribution in [0, 0.1) is 17.1 Å². The third kappa shape index (κ3) is 4.86. The van der Waals surface area contributed by atoms with Crippen molar-refractivity contribution in [3.63, 3.8) is 0 Å². The van der Waals surface area contributed by atoms with E-state index >= 15 is 0 Å². The van der Waals surface area contributed by atoms with Crippen LogP contribution in [-0.2, 0) is 15.8 Å². The number of rotatable bonds is 6. The van der Waals surface area contributed by atoms with Gasteiger partial charge in [0.1, 0.15) is 5.82 Å². The van der Waals surface area contributed by atoms with Gasteiger partial charge in [-0.15, -0.1) is 0 Å². The van der Waals surface area contributed by atoms with Crippen LogP contribution in [0.4, 0.5) is 4.39 Å². The summed E-state index contributed by atoms with van der Waals surface area (Å²) < 4.78 is 39.8. The summed E-state index contributed by atoms with van der Waals surface area (Å²) in [5.74, 6) is -0.736. The highest BCUT2D eigenvalue weighted by Crippen LogP contribution is 2.18. The standard InChI is InChI=1S/C17H17FN2O3S/c1-12(17(21)15-5-7-16(18)8-6-15)20-24(22,23)11-14-4-2-3-13(9-14)10-19/h2-9,12,17,20-21H,11H2,1H3. The number of aliphatic hydroxyl groups excluding tert-OH is 1. The van der Waals surface area contributed by atoms with Crippen LogP contribution < -0.4 is 4.72 Å². The number of nitrogens with zero attached hydrogens (tertiary/aromatic N) is 1. The molecule has 2 atom stereocenters. The molecular formula is C17H17FN2O3S. The largest absolute Gasteiger partial charge is 0.387 e. The summed E-state index contributed by atoms with van der Waals surface area (Å²) in [5, 5.41) is 19.0. The van der Waals surface area contributed by atoms with Gasteiger partial charge in [0.05, 0.1) is 23.5 Å². The highest BCUT2D eigenvalue weighted by atomic mass is 32.2. The van der Waals surface area contributed by atoms with E-state index in [9.17, 15) is 17.9 Å². The summed E-state index contributed by atoms with van der Waals surface area (Å²) in [7, 11) is -3.71. The molecule has 0 spiro atoms. The Balaban J connectivity index is 2.07. The first-order valence-corrected chi connectivity index (χ1v) is 8.88. The van der Waals surface area contributed by atoms with Crippen LogP contribution in [0.1, 0.15) is 29.7 Å². The summed E-state index contributed by atoms with van der Waals surface area (Å²) in [4.78, 5) is 0. The van der Waals surface area contributed by atoms with Crippen molar-refractivity contribution in [3.8, 4) is 6.07 Å². The van der Waals surface area contributed by atoms with Gasteiger partial charge < -0.3 is 5.11 Å². The van der Waals surface area contributed by atoms with Gasteiger partial charge in [0.25, 0.3) is 0 Å². The number of nitriles is 1. The van der Waals surface area contributed by atoms with Crippen molar-refractivity contribution >= 4 is 10.0 Å². The summed E-state index contributed by atoms with van der Waals surface area (Å²) >= 11 is 0. The van der Waals surface area contributed by atoms with E-state index in [-0.39, 0.29) is 5.75 Å². The van der Waals surface area contributed by atoms with Gasteiger partial charge in [-0.2, -0.15) is 5.26 Å². The van der Waals surface area contributed by atoms with E-state index in [2.05, 4.69) is 4.72 Å². The lowest BCUT2D eigenvalue weighted by Gasteiger charge is -2.20. The number of benzene rings is 2. The average molecular weight is 348 g/mol. The Kier molecular flexibility index (Phi) is 5.67. The topological polar surface area (TPSA) is 90.2 Å². The second kappa shape index (κ2) is 7.53. The molecule has 0 saturated carbocycles. The molecule has 126 valence electrons. The molecular weight excluding hydrogens is 331 g/mol. The number of sulfonamides is 1. The van der Waals surface area contributed by atoms with Crippen LogP contribution >= 0.6 is 0 Å². The van der Waals surface area contributed by atoms with Gasteiger partial charge in [0.15, 0.2) is 0 Å². The second-order valence-electron chi connectivity index (χ2n) is 5.47. The van der Waals surface area contributed by atoms with Gasteiger partial charge in [-0.1, -0.05) is 24.3 Å². The van der Waals surface area contributed by atoms with Crippen molar-refractivity contribution in [2.75, 3.05) is 0 Å². The lowest BCUT2D eigenvalue weighted by atomic mass is 10.0. The number of aliphatic hydroxyl groups is 1. The molecule has 0 aliphatic heterocycles. The Morgan fingerprint density at radius 3 is 2.54 bits per heavy atom. The minimum atomic E-state index is -3.71. The first-order valence-electron chi connectivity index (χ1n) is 7.23. The number of hydrogen-bond donors (Lipinski definition) is 2. The molecule has 2 N–H and O–H groups in total. The zero-order valence-corrected chi connectivity index (χ0v) is 13.8. The molecule has 0 fully saturated rings. The van der Waals surface area contributed by atoms with Crippen LogP contribution in [-0.4, -0.2) is 19.6 Å². The van der Waals surface area contributed by atoms with Crippen molar-refractivity contribution < 1.29 is 17.9 Å². The summed E-state index contributed by atoms with van der Waals surface area (Å²) in [6.07, 6.45) is -1.11. The first-order chi connectivity index (χ1) is 11.3. The van der Waals surface area contributed by atoms with Gasteiger partial charge in [-0.3, -0.25) is 0 Å².